The molecule has 0 aromatic rings. The van der Waals surface area contributed by atoms with Crippen LogP contribution in [0.1, 0.15) is 33.6 Å². The first-order chi connectivity index (χ1) is 7.67. The lowest BCUT2D eigenvalue weighted by Gasteiger charge is -2.40. The van der Waals surface area contributed by atoms with Crippen LogP contribution < -0.4 is 5.73 Å². The third-order valence-electron chi connectivity index (χ3n) is 2.62. The zero-order valence-electron chi connectivity index (χ0n) is 10.5. The monoisotopic (exact) mass is 250 g/mol. The Hall–Kier alpha value is -0.910. The summed E-state index contributed by atoms with van der Waals surface area (Å²) >= 11 is 0. The van der Waals surface area contributed by atoms with Gasteiger partial charge >= 0.3 is 6.09 Å². The maximum atomic E-state index is 13.6. The van der Waals surface area contributed by atoms with Gasteiger partial charge in [-0.15, -0.1) is 0 Å². The highest BCUT2D eigenvalue weighted by atomic mass is 19.3. The number of nitrogens with two attached hydrogens (primary N) is 1. The minimum absolute atomic E-state index is 0.228. The van der Waals surface area contributed by atoms with E-state index in [4.69, 9.17) is 10.5 Å². The minimum Gasteiger partial charge on any atom is -0.444 e. The molecule has 0 bridgehead atoms. The smallest absolute Gasteiger partial charge is 0.410 e. The Morgan fingerprint density at radius 2 is 2.12 bits per heavy atom. The molecule has 1 amide bonds. The standard InChI is InChI=1S/C11H20F2N2O2/c1-10(2,3)17-9(16)15-6-4-5-11(12,13)8(15)7-14/h8H,4-7,14H2,1-3H3. The van der Waals surface area contributed by atoms with Crippen LogP contribution in [-0.4, -0.2) is 41.6 Å². The molecule has 6 heteroatoms. The van der Waals surface area contributed by atoms with Crippen molar-refractivity contribution < 1.29 is 18.3 Å². The van der Waals surface area contributed by atoms with Gasteiger partial charge in [-0.2, -0.15) is 0 Å². The molecule has 1 rings (SSSR count). The summed E-state index contributed by atoms with van der Waals surface area (Å²) in [5, 5.41) is 0. The third-order valence-corrected chi connectivity index (χ3v) is 2.62. The van der Waals surface area contributed by atoms with Crippen molar-refractivity contribution in [3.8, 4) is 0 Å². The van der Waals surface area contributed by atoms with Crippen molar-refractivity contribution >= 4 is 6.09 Å². The Balaban J connectivity index is 2.78. The molecule has 1 atom stereocenters. The van der Waals surface area contributed by atoms with Gasteiger partial charge in [-0.05, 0) is 27.2 Å². The highest BCUT2D eigenvalue weighted by molar-refractivity contribution is 5.69. The molecule has 0 aliphatic carbocycles. The first-order valence-electron chi connectivity index (χ1n) is 5.75. The van der Waals surface area contributed by atoms with Crippen LogP contribution in [0.2, 0.25) is 0 Å². The molecule has 1 unspecified atom stereocenters. The maximum absolute atomic E-state index is 13.6. The molecule has 0 aromatic heterocycles. The fourth-order valence-corrected chi connectivity index (χ4v) is 1.87. The van der Waals surface area contributed by atoms with Crippen LogP contribution in [0, 0.1) is 0 Å². The van der Waals surface area contributed by atoms with Crippen molar-refractivity contribution in [1.82, 2.24) is 4.90 Å². The van der Waals surface area contributed by atoms with Crippen LogP contribution in [-0.2, 0) is 4.74 Å². The lowest BCUT2D eigenvalue weighted by molar-refractivity contribution is -0.108. The highest BCUT2D eigenvalue weighted by Gasteiger charge is 2.47. The molecule has 0 radical (unpaired) electrons. The van der Waals surface area contributed by atoms with Crippen molar-refractivity contribution in [2.24, 2.45) is 5.73 Å². The van der Waals surface area contributed by atoms with E-state index in [1.807, 2.05) is 0 Å². The molecule has 2 N–H and O–H groups in total. The number of carbonyl (C=O) groups is 1. The zero-order chi connectivity index (χ0) is 13.3. The van der Waals surface area contributed by atoms with Gasteiger partial charge in [0.25, 0.3) is 5.92 Å². The second-order valence-corrected chi connectivity index (χ2v) is 5.29. The van der Waals surface area contributed by atoms with Gasteiger partial charge in [0.05, 0.1) is 0 Å². The van der Waals surface area contributed by atoms with Gasteiger partial charge < -0.3 is 10.5 Å². The average molecular weight is 250 g/mol. The largest absolute Gasteiger partial charge is 0.444 e. The highest BCUT2D eigenvalue weighted by Crippen LogP contribution is 2.33. The van der Waals surface area contributed by atoms with E-state index in [0.29, 0.717) is 0 Å². The van der Waals surface area contributed by atoms with Gasteiger partial charge in [0.2, 0.25) is 0 Å². The molecule has 1 aliphatic rings. The van der Waals surface area contributed by atoms with E-state index < -0.39 is 23.7 Å². The average Bonchev–Trinajstić information content (AvgIpc) is 2.13. The summed E-state index contributed by atoms with van der Waals surface area (Å²) in [5.41, 5.74) is 4.65. The number of hydrogen-bond acceptors (Lipinski definition) is 3. The lowest BCUT2D eigenvalue weighted by atomic mass is 9.98. The predicted molar refractivity (Wildman–Crippen MR) is 60.0 cm³/mol. The molecule has 0 spiro atoms. The van der Waals surface area contributed by atoms with E-state index in [1.54, 1.807) is 20.8 Å². The number of carbonyl (C=O) groups excluding carboxylic acids is 1. The van der Waals surface area contributed by atoms with E-state index in [0.717, 1.165) is 4.90 Å². The van der Waals surface area contributed by atoms with Crippen molar-refractivity contribution in [1.29, 1.82) is 0 Å². The summed E-state index contributed by atoms with van der Waals surface area (Å²) < 4.78 is 32.3. The fraction of sp³-hybridized carbons (Fsp3) is 0.909. The van der Waals surface area contributed by atoms with E-state index in [1.165, 1.54) is 0 Å². The lowest BCUT2D eigenvalue weighted by Crippen LogP contribution is -2.58. The summed E-state index contributed by atoms with van der Waals surface area (Å²) in [6.45, 7) is 5.11. The quantitative estimate of drug-likeness (QED) is 0.774. The second kappa shape index (κ2) is 4.76. The van der Waals surface area contributed by atoms with Crippen LogP contribution in [0.4, 0.5) is 13.6 Å². The van der Waals surface area contributed by atoms with Crippen molar-refractivity contribution in [3.05, 3.63) is 0 Å². The summed E-state index contributed by atoms with van der Waals surface area (Å²) in [6, 6.07) is -1.26. The molecular formula is C11H20F2N2O2. The molecule has 1 aliphatic heterocycles. The van der Waals surface area contributed by atoms with E-state index >= 15 is 0 Å². The van der Waals surface area contributed by atoms with Crippen molar-refractivity contribution in [2.45, 2.75) is 51.2 Å². The summed E-state index contributed by atoms with van der Waals surface area (Å²) in [7, 11) is 0. The number of rotatable bonds is 1. The van der Waals surface area contributed by atoms with E-state index in [2.05, 4.69) is 0 Å². The molecule has 1 heterocycles. The molecule has 0 saturated carbocycles. The van der Waals surface area contributed by atoms with Gasteiger partial charge in [0, 0.05) is 19.5 Å². The molecular weight excluding hydrogens is 230 g/mol. The van der Waals surface area contributed by atoms with Gasteiger partial charge in [0.1, 0.15) is 11.6 Å². The number of hydrogen-bond donors (Lipinski definition) is 1. The SMILES string of the molecule is CC(C)(C)OC(=O)N1CCCC(F)(F)C1CN. The Labute approximate surface area is 100 Å². The van der Waals surface area contributed by atoms with Gasteiger partial charge in [-0.1, -0.05) is 0 Å². The normalized spacial score (nSPS) is 24.6. The topological polar surface area (TPSA) is 55.6 Å². The predicted octanol–water partition coefficient (Wildman–Crippen LogP) is 1.98. The minimum atomic E-state index is -2.93. The molecule has 0 aromatic carbocycles. The van der Waals surface area contributed by atoms with Crippen LogP contribution in [0.3, 0.4) is 0 Å². The number of halogens is 2. The Morgan fingerprint density at radius 1 is 1.53 bits per heavy atom. The first-order valence-corrected chi connectivity index (χ1v) is 5.75. The maximum Gasteiger partial charge on any atom is 0.410 e. The molecule has 1 saturated heterocycles. The number of amides is 1. The number of ether oxygens (including phenoxy) is 1. The van der Waals surface area contributed by atoms with Gasteiger partial charge in [0.15, 0.2) is 0 Å². The summed E-state index contributed by atoms with van der Waals surface area (Å²) in [5.74, 6) is -2.93. The van der Waals surface area contributed by atoms with Gasteiger partial charge in [-0.25, -0.2) is 13.6 Å². The van der Waals surface area contributed by atoms with E-state index in [9.17, 15) is 13.6 Å². The Kier molecular flexibility index (Phi) is 3.96. The number of piperidine rings is 1. The Bertz CT molecular complexity index is 290. The zero-order valence-corrected chi connectivity index (χ0v) is 10.5. The number of nitrogens with zero attached hydrogens (tertiary/aromatic N) is 1. The molecule has 1 fully saturated rings. The summed E-state index contributed by atoms with van der Waals surface area (Å²) in [4.78, 5) is 12.8. The van der Waals surface area contributed by atoms with Crippen LogP contribution in [0.15, 0.2) is 0 Å². The Morgan fingerprint density at radius 3 is 2.59 bits per heavy atom. The fourth-order valence-electron chi connectivity index (χ4n) is 1.87. The number of alkyl halides is 2. The van der Waals surface area contributed by atoms with Crippen LogP contribution in [0.5, 0.6) is 0 Å². The van der Waals surface area contributed by atoms with E-state index in [-0.39, 0.29) is 25.9 Å². The molecule has 4 nitrogen and oxygen atoms in total. The van der Waals surface area contributed by atoms with Crippen molar-refractivity contribution in [3.63, 3.8) is 0 Å². The van der Waals surface area contributed by atoms with Gasteiger partial charge in [-0.3, -0.25) is 4.90 Å². The second-order valence-electron chi connectivity index (χ2n) is 5.29. The van der Waals surface area contributed by atoms with Crippen molar-refractivity contribution in [2.75, 3.05) is 13.1 Å². The number of likely N-dealkylation sites (tertiary alicyclic amines) is 1. The summed E-state index contributed by atoms with van der Waals surface area (Å²) in [6.07, 6.45) is -0.677. The molecule has 100 valence electrons. The first kappa shape index (κ1) is 14.2. The van der Waals surface area contributed by atoms with Crippen LogP contribution >= 0.6 is 0 Å². The third kappa shape index (κ3) is 3.52. The molecule has 17 heavy (non-hydrogen) atoms. The van der Waals surface area contributed by atoms with Crippen LogP contribution in [0.25, 0.3) is 0 Å².